The zero-order chi connectivity index (χ0) is 24.0. The summed E-state index contributed by atoms with van der Waals surface area (Å²) in [5, 5.41) is 3.83. The molecule has 2 aliphatic rings. The molecule has 0 aliphatic carbocycles. The third-order valence-corrected chi connectivity index (χ3v) is 19.2. The van der Waals surface area contributed by atoms with Crippen LogP contribution in [0.5, 0.6) is 0 Å². The predicted octanol–water partition coefficient (Wildman–Crippen LogP) is 9.53. The maximum atomic E-state index is 7.50. The van der Waals surface area contributed by atoms with Crippen LogP contribution in [0.25, 0.3) is 0 Å². The van der Waals surface area contributed by atoms with E-state index in [4.69, 9.17) is 4.65 Å². The molecule has 0 amide bonds. The summed E-state index contributed by atoms with van der Waals surface area (Å²) in [7, 11) is 2.34. The van der Waals surface area contributed by atoms with Crippen molar-refractivity contribution in [1.82, 2.24) is 0 Å². The molecular weight excluding hydrogens is 472 g/mol. The van der Waals surface area contributed by atoms with E-state index < -0.39 is 0 Å². The first-order chi connectivity index (χ1) is 13.4. The van der Waals surface area contributed by atoms with Crippen molar-refractivity contribution in [2.45, 2.75) is 102 Å². The second-order valence-electron chi connectivity index (χ2n) is 11.9. The van der Waals surface area contributed by atoms with Crippen molar-refractivity contribution in [2.24, 2.45) is 16.2 Å². The first-order valence-corrected chi connectivity index (χ1v) is 14.2. The van der Waals surface area contributed by atoms with Crippen molar-refractivity contribution in [2.75, 3.05) is 0 Å². The summed E-state index contributed by atoms with van der Waals surface area (Å²) in [6.45, 7) is 37.5. The van der Waals surface area contributed by atoms with E-state index in [0.29, 0.717) is 20.9 Å². The van der Waals surface area contributed by atoms with E-state index in [0.717, 1.165) is 17.2 Å². The average molecular weight is 517 g/mol. The third kappa shape index (κ3) is 5.97. The molecule has 2 heterocycles. The fourth-order valence-electron chi connectivity index (χ4n) is 4.10. The topological polar surface area (TPSA) is 19.9 Å². The van der Waals surface area contributed by atoms with Crippen LogP contribution in [-0.4, -0.2) is 4.64 Å². The molecule has 0 saturated carbocycles. The minimum atomic E-state index is 0. The van der Waals surface area contributed by atoms with E-state index in [-0.39, 0.29) is 26.5 Å². The molecule has 177 valence electrons. The zero-order valence-electron chi connectivity index (χ0n) is 22.3. The Balaban J connectivity index is 0.000000592. The van der Waals surface area contributed by atoms with Crippen LogP contribution in [0.15, 0.2) is 0 Å². The Morgan fingerprint density at radius 2 is 1.03 bits per heavy atom. The molecule has 0 N–H and O–H groups in total. The summed E-state index contributed by atoms with van der Waals surface area (Å²) in [5.74, 6) is 0. The summed E-state index contributed by atoms with van der Waals surface area (Å²) < 4.78 is 8.20. The molecule has 0 bridgehead atoms. The van der Waals surface area contributed by atoms with Gasteiger partial charge in [0.25, 0.3) is 0 Å². The molecule has 2 fully saturated rings. The van der Waals surface area contributed by atoms with Crippen molar-refractivity contribution in [3.8, 4) is 0 Å². The summed E-state index contributed by atoms with van der Waals surface area (Å²) in [4.78, 5) is 0. The molecule has 1 radical (unpaired) electrons. The van der Waals surface area contributed by atoms with Crippen LogP contribution >= 0.6 is 25.1 Å². The number of hydrogen-bond donors (Lipinski definition) is 0. The van der Waals surface area contributed by atoms with Crippen molar-refractivity contribution < 1.29 is 23.2 Å². The molecule has 1 nitrogen and oxygen atoms in total. The van der Waals surface area contributed by atoms with E-state index in [1.165, 1.54) is 27.8 Å². The van der Waals surface area contributed by atoms with Gasteiger partial charge >= 0.3 is 11.3 Å². The minimum absolute atomic E-state index is 0. The van der Waals surface area contributed by atoms with Gasteiger partial charge in [0.1, 0.15) is 0 Å². The Kier molecular flexibility index (Phi) is 11.0. The third-order valence-electron chi connectivity index (χ3n) is 6.70. The first kappa shape index (κ1) is 32.0. The van der Waals surface area contributed by atoms with Gasteiger partial charge in [-0.15, -0.1) is 0 Å². The van der Waals surface area contributed by atoms with Gasteiger partial charge in [-0.1, -0.05) is 102 Å². The van der Waals surface area contributed by atoms with Gasteiger partial charge in [0.15, 0.2) is 0 Å². The van der Waals surface area contributed by atoms with Gasteiger partial charge in [-0.25, -0.2) is 0 Å². The van der Waals surface area contributed by atoms with Gasteiger partial charge in [-0.3, -0.25) is 28.0 Å². The monoisotopic (exact) mass is 516 g/mol. The molecule has 2 unspecified atom stereocenters. The molecule has 1 aromatic carbocycles. The largest absolute Gasteiger partial charge is 0 e. The zero-order valence-corrected chi connectivity index (χ0v) is 26.6. The Hall–Kier alpha value is 0.964. The van der Waals surface area contributed by atoms with Gasteiger partial charge < -0.3 is 7.92 Å². The van der Waals surface area contributed by atoms with Gasteiger partial charge in [0.2, 0.25) is 0 Å². The van der Waals surface area contributed by atoms with Crippen LogP contribution in [-0.2, 0) is 23.2 Å². The molecule has 2 saturated heterocycles. The van der Waals surface area contributed by atoms with Gasteiger partial charge in [0, 0.05) is 18.6 Å². The molecule has 1 aromatic rings. The molecule has 3 rings (SSSR count). The second kappa shape index (κ2) is 10.7. The van der Waals surface area contributed by atoms with E-state index in [9.17, 15) is 0 Å². The molecular formula is C26H44OP3V-3. The molecule has 31 heavy (non-hydrogen) atoms. The number of hydrogen-bond acceptors (Lipinski definition) is 0. The Labute approximate surface area is 210 Å². The van der Waals surface area contributed by atoms with E-state index in [2.05, 4.69) is 104 Å². The molecule has 2 aliphatic heterocycles. The quantitative estimate of drug-likeness (QED) is 0.186. The van der Waals surface area contributed by atoms with Crippen molar-refractivity contribution >= 4 is 25.1 Å². The molecule has 0 spiro atoms. The van der Waals surface area contributed by atoms with Crippen LogP contribution in [0.1, 0.15) is 90.1 Å². The first-order valence-electron chi connectivity index (χ1n) is 10.9. The summed E-state index contributed by atoms with van der Waals surface area (Å²) >= 11 is 0. The van der Waals surface area contributed by atoms with E-state index in [1.54, 1.807) is 0 Å². The molecule has 0 aromatic heterocycles. The van der Waals surface area contributed by atoms with Crippen molar-refractivity contribution in [1.29, 1.82) is 0 Å². The smallest absolute Gasteiger partial charge is 0 e. The maximum absolute atomic E-state index is 7.50. The Bertz CT molecular complexity index is 667. The number of rotatable bonds is 0. The van der Waals surface area contributed by atoms with E-state index in [1.807, 2.05) is 10.8 Å². The second-order valence-corrected chi connectivity index (χ2v) is 19.3. The predicted molar refractivity (Wildman–Crippen MR) is 141 cm³/mol. The van der Waals surface area contributed by atoms with Crippen LogP contribution in [0.3, 0.4) is 0 Å². The van der Waals surface area contributed by atoms with Crippen molar-refractivity contribution in [3.63, 3.8) is 0 Å². The van der Waals surface area contributed by atoms with Crippen LogP contribution in [0, 0.1) is 68.3 Å². The SMILES string of the molecule is CC(C)(C)[C-]1PC2(C(C)(C)C)P[C-](C(C)(C)C)P12.Cc1c(C)c(C)[c-](C)c1C.[C-]#[O+].[V]. The minimum Gasteiger partial charge on any atom is 0 e. The Morgan fingerprint density at radius 3 is 1.19 bits per heavy atom. The summed E-state index contributed by atoms with van der Waals surface area (Å²) in [5.41, 5.74) is 8.70. The normalized spacial score (nSPS) is 25.2. The van der Waals surface area contributed by atoms with Gasteiger partial charge in [-0.2, -0.15) is 38.6 Å². The van der Waals surface area contributed by atoms with Crippen LogP contribution < -0.4 is 0 Å². The summed E-state index contributed by atoms with van der Waals surface area (Å²) in [6, 6.07) is 0. The molecule has 2 atom stereocenters. The molecule has 5 heteroatoms. The fourth-order valence-corrected chi connectivity index (χ4v) is 16.8. The van der Waals surface area contributed by atoms with Crippen LogP contribution in [0.4, 0.5) is 0 Å². The van der Waals surface area contributed by atoms with Crippen molar-refractivity contribution in [3.05, 3.63) is 45.3 Å². The summed E-state index contributed by atoms with van der Waals surface area (Å²) in [6.07, 6.45) is 0. The van der Waals surface area contributed by atoms with Gasteiger partial charge in [0.05, 0.1) is 0 Å². The van der Waals surface area contributed by atoms with Crippen LogP contribution in [0.2, 0.25) is 0 Å². The maximum Gasteiger partial charge on any atom is 0 e. The Morgan fingerprint density at radius 1 is 0.742 bits per heavy atom. The standard InChI is InChI=1S/C15H29P3.C10H15.CO.V/c1-12(2,3)10-16-15(14(7,8)9)17-11(18(10)15)13(4,5)6;1-6-7(2)9(4)10(5)8(6)3;1-2;/h16-17H,1-9H3;1-5H3;;/q-2;-1;;. The fraction of sp³-hybridized carbons (Fsp3) is 0.692. The van der Waals surface area contributed by atoms with E-state index >= 15 is 0 Å². The number of fused-ring (bicyclic) bond motifs is 1. The average Bonchev–Trinajstić information content (AvgIpc) is 2.73. The van der Waals surface area contributed by atoms with Gasteiger partial charge in [-0.05, 0) is 5.41 Å².